The number of carbonyl (C=O) groups is 1. The van der Waals surface area contributed by atoms with Crippen molar-refractivity contribution in [2.24, 2.45) is 0 Å². The zero-order valence-electron chi connectivity index (χ0n) is 19.5. The predicted octanol–water partition coefficient (Wildman–Crippen LogP) is 4.12. The molecule has 5 rings (SSSR count). The van der Waals surface area contributed by atoms with Gasteiger partial charge in [-0.1, -0.05) is 30.3 Å². The SMILES string of the molecule is CC(NC(=O)c1ncc(-c2c[nH]c3ncc(N4C[C@@H](C)O[C@@H](C)C4)cc23)cn1)c1ccccc1. The van der Waals surface area contributed by atoms with Crippen molar-refractivity contribution in [2.45, 2.75) is 39.0 Å². The molecule has 1 unspecified atom stereocenters. The van der Waals surface area contributed by atoms with Crippen molar-refractivity contribution >= 4 is 22.6 Å². The van der Waals surface area contributed by atoms with Crippen LogP contribution in [0.2, 0.25) is 0 Å². The number of morpholine rings is 1. The highest BCUT2D eigenvalue weighted by Crippen LogP contribution is 2.30. The monoisotopic (exact) mass is 456 g/mol. The van der Waals surface area contributed by atoms with Gasteiger partial charge in [0.05, 0.1) is 30.1 Å². The van der Waals surface area contributed by atoms with Crippen LogP contribution >= 0.6 is 0 Å². The van der Waals surface area contributed by atoms with Crippen LogP contribution in [0.4, 0.5) is 5.69 Å². The molecule has 4 aromatic rings. The fourth-order valence-corrected chi connectivity index (χ4v) is 4.46. The minimum Gasteiger partial charge on any atom is -0.372 e. The standard InChI is InChI=1S/C26H28N6O2/c1-16-14-32(15-17(2)34-16)21-9-22-23(13-30-24(22)29-12-21)20-10-27-25(28-11-20)26(33)31-18(3)19-7-5-4-6-8-19/h4-13,16-18H,14-15H2,1-3H3,(H,29,30)(H,31,33)/t16-,17+,18?. The quantitative estimate of drug-likeness (QED) is 0.469. The molecule has 8 nitrogen and oxygen atoms in total. The number of rotatable bonds is 5. The Morgan fingerprint density at radius 2 is 1.79 bits per heavy atom. The molecule has 1 amide bonds. The third-order valence-corrected chi connectivity index (χ3v) is 6.11. The molecule has 3 atom stereocenters. The van der Waals surface area contributed by atoms with Gasteiger partial charge in [-0.2, -0.15) is 0 Å². The van der Waals surface area contributed by atoms with Gasteiger partial charge in [-0.3, -0.25) is 4.79 Å². The van der Waals surface area contributed by atoms with Gasteiger partial charge in [0.15, 0.2) is 0 Å². The number of anilines is 1. The molecule has 0 radical (unpaired) electrons. The van der Waals surface area contributed by atoms with E-state index in [1.807, 2.05) is 49.6 Å². The van der Waals surface area contributed by atoms with Crippen LogP contribution in [0, 0.1) is 0 Å². The van der Waals surface area contributed by atoms with E-state index in [0.717, 1.165) is 46.5 Å². The maximum absolute atomic E-state index is 12.6. The van der Waals surface area contributed by atoms with E-state index in [9.17, 15) is 4.79 Å². The molecule has 0 aliphatic carbocycles. The van der Waals surface area contributed by atoms with Crippen LogP contribution < -0.4 is 10.2 Å². The van der Waals surface area contributed by atoms with Crippen LogP contribution in [-0.2, 0) is 4.74 Å². The van der Waals surface area contributed by atoms with Gasteiger partial charge < -0.3 is 19.9 Å². The number of amides is 1. The largest absolute Gasteiger partial charge is 0.372 e. The number of pyridine rings is 1. The normalized spacial score (nSPS) is 19.2. The van der Waals surface area contributed by atoms with E-state index in [-0.39, 0.29) is 30.0 Å². The average Bonchev–Trinajstić information content (AvgIpc) is 3.27. The zero-order valence-corrected chi connectivity index (χ0v) is 19.5. The van der Waals surface area contributed by atoms with E-state index in [1.54, 1.807) is 12.4 Å². The van der Waals surface area contributed by atoms with Crippen LogP contribution in [0.5, 0.6) is 0 Å². The van der Waals surface area contributed by atoms with Gasteiger partial charge in [0.1, 0.15) is 5.65 Å². The molecular weight excluding hydrogens is 428 g/mol. The average molecular weight is 457 g/mol. The van der Waals surface area contributed by atoms with Crippen molar-refractivity contribution in [1.29, 1.82) is 0 Å². The molecule has 0 saturated carbocycles. The highest BCUT2D eigenvalue weighted by Gasteiger charge is 2.23. The number of hydrogen-bond donors (Lipinski definition) is 2. The summed E-state index contributed by atoms with van der Waals surface area (Å²) < 4.78 is 5.87. The molecule has 1 saturated heterocycles. The molecule has 1 fully saturated rings. The zero-order chi connectivity index (χ0) is 23.7. The van der Waals surface area contributed by atoms with Crippen molar-refractivity contribution < 1.29 is 9.53 Å². The van der Waals surface area contributed by atoms with E-state index in [0.29, 0.717) is 0 Å². The Bertz CT molecular complexity index is 1280. The first-order valence-corrected chi connectivity index (χ1v) is 11.5. The second-order valence-electron chi connectivity index (χ2n) is 8.86. The first kappa shape index (κ1) is 22.0. The Morgan fingerprint density at radius 3 is 2.50 bits per heavy atom. The lowest BCUT2D eigenvalue weighted by Crippen LogP contribution is -2.45. The van der Waals surface area contributed by atoms with Gasteiger partial charge >= 0.3 is 0 Å². The molecule has 34 heavy (non-hydrogen) atoms. The van der Waals surface area contributed by atoms with E-state index in [2.05, 4.69) is 50.1 Å². The number of carbonyl (C=O) groups excluding carboxylic acids is 1. The van der Waals surface area contributed by atoms with Gasteiger partial charge in [-0.25, -0.2) is 15.0 Å². The van der Waals surface area contributed by atoms with Gasteiger partial charge in [-0.05, 0) is 32.4 Å². The van der Waals surface area contributed by atoms with Crippen LogP contribution in [0.25, 0.3) is 22.2 Å². The summed E-state index contributed by atoms with van der Waals surface area (Å²) in [5, 5.41) is 3.94. The first-order chi connectivity index (χ1) is 16.5. The van der Waals surface area contributed by atoms with Crippen LogP contribution in [0.3, 0.4) is 0 Å². The molecule has 1 aromatic carbocycles. The van der Waals surface area contributed by atoms with E-state index in [1.165, 1.54) is 0 Å². The lowest BCUT2D eigenvalue weighted by Gasteiger charge is -2.36. The number of ether oxygens (including phenoxy) is 1. The summed E-state index contributed by atoms with van der Waals surface area (Å²) in [5.74, 6) is -0.164. The summed E-state index contributed by atoms with van der Waals surface area (Å²) in [6.45, 7) is 7.77. The predicted molar refractivity (Wildman–Crippen MR) is 132 cm³/mol. The first-order valence-electron chi connectivity index (χ1n) is 11.5. The van der Waals surface area contributed by atoms with Gasteiger partial charge in [0, 0.05) is 48.2 Å². The highest BCUT2D eigenvalue weighted by molar-refractivity contribution is 5.95. The molecule has 174 valence electrons. The molecule has 2 N–H and O–H groups in total. The van der Waals surface area contributed by atoms with Gasteiger partial charge in [0.25, 0.3) is 5.91 Å². The minimum absolute atomic E-state index is 0.138. The van der Waals surface area contributed by atoms with Crippen LogP contribution in [0.1, 0.15) is 43.0 Å². The Morgan fingerprint density at radius 1 is 1.09 bits per heavy atom. The molecule has 1 aliphatic rings. The second kappa shape index (κ2) is 9.23. The van der Waals surface area contributed by atoms with Gasteiger partial charge in [-0.15, -0.1) is 0 Å². The molecule has 0 spiro atoms. The molecular formula is C26H28N6O2. The lowest BCUT2D eigenvalue weighted by molar-refractivity contribution is -0.00522. The van der Waals surface area contributed by atoms with Crippen LogP contribution in [0.15, 0.2) is 61.2 Å². The minimum atomic E-state index is -0.304. The summed E-state index contributed by atoms with van der Waals surface area (Å²) >= 11 is 0. The fourth-order valence-electron chi connectivity index (χ4n) is 4.46. The number of aromatic nitrogens is 4. The summed E-state index contributed by atoms with van der Waals surface area (Å²) in [4.78, 5) is 31.5. The van der Waals surface area contributed by atoms with E-state index in [4.69, 9.17) is 4.74 Å². The summed E-state index contributed by atoms with van der Waals surface area (Å²) in [6, 6.07) is 11.8. The van der Waals surface area contributed by atoms with Crippen LogP contribution in [-0.4, -0.2) is 51.1 Å². The third-order valence-electron chi connectivity index (χ3n) is 6.11. The van der Waals surface area contributed by atoms with Crippen molar-refractivity contribution in [2.75, 3.05) is 18.0 Å². The Labute approximate surface area is 198 Å². The van der Waals surface area contributed by atoms with E-state index >= 15 is 0 Å². The van der Waals surface area contributed by atoms with Crippen molar-refractivity contribution in [3.05, 3.63) is 72.6 Å². The van der Waals surface area contributed by atoms with Crippen molar-refractivity contribution in [3.63, 3.8) is 0 Å². The van der Waals surface area contributed by atoms with E-state index < -0.39 is 0 Å². The number of nitrogens with zero attached hydrogens (tertiary/aromatic N) is 4. The molecule has 0 bridgehead atoms. The number of H-pyrrole nitrogens is 1. The smallest absolute Gasteiger partial charge is 0.289 e. The summed E-state index contributed by atoms with van der Waals surface area (Å²) in [7, 11) is 0. The summed E-state index contributed by atoms with van der Waals surface area (Å²) in [6.07, 6.45) is 7.50. The summed E-state index contributed by atoms with van der Waals surface area (Å²) in [5.41, 5.74) is 4.65. The topological polar surface area (TPSA) is 96.0 Å². The number of benzene rings is 1. The second-order valence-corrected chi connectivity index (χ2v) is 8.86. The number of aromatic amines is 1. The molecule has 4 heterocycles. The molecule has 1 aliphatic heterocycles. The number of hydrogen-bond acceptors (Lipinski definition) is 6. The Balaban J connectivity index is 1.36. The lowest BCUT2D eigenvalue weighted by atomic mass is 10.1. The van der Waals surface area contributed by atoms with Crippen molar-refractivity contribution in [3.8, 4) is 11.1 Å². The Hall–Kier alpha value is -3.78. The maximum Gasteiger partial charge on any atom is 0.289 e. The number of nitrogens with one attached hydrogen (secondary N) is 2. The highest BCUT2D eigenvalue weighted by atomic mass is 16.5. The number of fused-ring (bicyclic) bond motifs is 1. The third kappa shape index (κ3) is 4.49. The molecule has 3 aromatic heterocycles. The Kier molecular flexibility index (Phi) is 5.98. The fraction of sp³-hybridized carbons (Fsp3) is 0.308. The maximum atomic E-state index is 12.6. The molecule has 8 heteroatoms. The van der Waals surface area contributed by atoms with Crippen molar-refractivity contribution in [1.82, 2.24) is 25.3 Å². The van der Waals surface area contributed by atoms with Gasteiger partial charge in [0.2, 0.25) is 5.82 Å².